The zero-order valence-corrected chi connectivity index (χ0v) is 24.7. The zero-order valence-electron chi connectivity index (χ0n) is 23.8. The molecular weight excluding hydrogens is 628 g/mol. The first-order valence-corrected chi connectivity index (χ1v) is 14.9. The molecule has 3 N–H and O–H groups in total. The molecule has 3 aromatic rings. The van der Waals surface area contributed by atoms with Crippen molar-refractivity contribution in [1.29, 1.82) is 0 Å². The van der Waals surface area contributed by atoms with E-state index in [-0.39, 0.29) is 24.1 Å². The molecule has 0 unspecified atom stereocenters. The molecule has 10 nitrogen and oxygen atoms in total. The number of halogens is 5. The van der Waals surface area contributed by atoms with E-state index in [1.807, 2.05) is 0 Å². The predicted octanol–water partition coefficient (Wildman–Crippen LogP) is 5.52. The number of nitrogens with zero attached hydrogens (tertiary/aromatic N) is 2. The summed E-state index contributed by atoms with van der Waals surface area (Å²) in [5.74, 6) is -7.46. The Labute approximate surface area is 253 Å². The van der Waals surface area contributed by atoms with Crippen molar-refractivity contribution in [1.82, 2.24) is 10.2 Å². The molecule has 0 spiro atoms. The van der Waals surface area contributed by atoms with E-state index in [0.717, 1.165) is 17.0 Å². The first kappa shape index (κ1) is 33.7. The van der Waals surface area contributed by atoms with Crippen LogP contribution in [0.1, 0.15) is 63.2 Å². The minimum atomic E-state index is -4.76. The van der Waals surface area contributed by atoms with Crippen molar-refractivity contribution >= 4 is 31.2 Å². The summed E-state index contributed by atoms with van der Waals surface area (Å²) in [6, 6.07) is 5.65. The summed E-state index contributed by atoms with van der Waals surface area (Å²) < 4.78 is 86.9. The SMILES string of the molecule is C[C@H]1c2ccc(C(=O)NCc3c(F)cc(F)cc3F)cc2N(Cc2c(F)ccc(C(=O)CCCOP(=O)(O)O)c2F)C(=O)N1C. The Kier molecular flexibility index (Phi) is 10.1. The maximum atomic E-state index is 15.6. The van der Waals surface area contributed by atoms with E-state index < -0.39 is 97.1 Å². The molecule has 45 heavy (non-hydrogen) atoms. The van der Waals surface area contributed by atoms with Gasteiger partial charge in [-0.2, -0.15) is 0 Å². The quantitative estimate of drug-likeness (QED) is 0.107. The third-order valence-electron chi connectivity index (χ3n) is 7.29. The molecule has 1 atom stereocenters. The number of anilines is 1. The zero-order chi connectivity index (χ0) is 33.2. The number of ketones is 1. The largest absolute Gasteiger partial charge is 0.469 e. The Morgan fingerprint density at radius 2 is 1.64 bits per heavy atom. The van der Waals surface area contributed by atoms with Crippen molar-refractivity contribution in [2.24, 2.45) is 0 Å². The molecule has 1 aliphatic heterocycles. The van der Waals surface area contributed by atoms with Gasteiger partial charge in [0, 0.05) is 48.8 Å². The van der Waals surface area contributed by atoms with E-state index in [9.17, 15) is 36.5 Å². The van der Waals surface area contributed by atoms with Crippen molar-refractivity contribution < 1.29 is 55.2 Å². The first-order valence-electron chi connectivity index (χ1n) is 13.4. The van der Waals surface area contributed by atoms with Gasteiger partial charge in [0.15, 0.2) is 5.78 Å². The summed E-state index contributed by atoms with van der Waals surface area (Å²) in [7, 11) is -3.30. The number of rotatable bonds is 11. The normalized spacial score (nSPS) is 14.9. The molecule has 240 valence electrons. The van der Waals surface area contributed by atoms with Gasteiger partial charge in [-0.25, -0.2) is 31.3 Å². The van der Waals surface area contributed by atoms with E-state index in [1.165, 1.54) is 30.1 Å². The fourth-order valence-corrected chi connectivity index (χ4v) is 5.14. The van der Waals surface area contributed by atoms with Crippen molar-refractivity contribution in [2.45, 2.75) is 38.9 Å². The summed E-state index contributed by atoms with van der Waals surface area (Å²) >= 11 is 0. The van der Waals surface area contributed by atoms with Gasteiger partial charge in [-0.3, -0.25) is 19.0 Å². The molecule has 3 aromatic carbocycles. The van der Waals surface area contributed by atoms with Gasteiger partial charge in [-0.05, 0) is 43.2 Å². The van der Waals surface area contributed by atoms with Gasteiger partial charge in [0.2, 0.25) is 0 Å². The maximum Gasteiger partial charge on any atom is 0.469 e. The molecule has 4 rings (SSSR count). The number of carbonyl (C=O) groups excluding carboxylic acids is 3. The van der Waals surface area contributed by atoms with Gasteiger partial charge < -0.3 is 20.0 Å². The van der Waals surface area contributed by atoms with Gasteiger partial charge in [-0.1, -0.05) is 6.07 Å². The van der Waals surface area contributed by atoms with Crippen molar-refractivity contribution in [3.05, 3.63) is 99.4 Å². The number of phosphoric acid groups is 1. The highest BCUT2D eigenvalue weighted by atomic mass is 31.2. The molecule has 0 aliphatic carbocycles. The van der Waals surface area contributed by atoms with E-state index in [4.69, 9.17) is 9.79 Å². The number of amides is 3. The van der Waals surface area contributed by atoms with Crippen LogP contribution >= 0.6 is 7.82 Å². The lowest BCUT2D eigenvalue weighted by Crippen LogP contribution is -2.47. The van der Waals surface area contributed by atoms with Crippen LogP contribution < -0.4 is 10.2 Å². The molecule has 0 aromatic heterocycles. The van der Waals surface area contributed by atoms with Crippen LogP contribution in [-0.4, -0.2) is 46.1 Å². The summed E-state index contributed by atoms with van der Waals surface area (Å²) in [4.78, 5) is 58.7. The average molecular weight is 656 g/mol. The number of urea groups is 1. The topological polar surface area (TPSA) is 136 Å². The van der Waals surface area contributed by atoms with Crippen LogP contribution in [-0.2, 0) is 22.2 Å². The number of hydrogen-bond donors (Lipinski definition) is 3. The fraction of sp³-hybridized carbons (Fsp3) is 0.276. The predicted molar refractivity (Wildman–Crippen MR) is 150 cm³/mol. The van der Waals surface area contributed by atoms with Crippen molar-refractivity contribution in [3.63, 3.8) is 0 Å². The Balaban J connectivity index is 1.60. The number of hydrogen-bond acceptors (Lipinski definition) is 5. The Bertz CT molecular complexity index is 1690. The molecular formula is C29H27F5N3O7P. The summed E-state index contributed by atoms with van der Waals surface area (Å²) in [5, 5.41) is 2.32. The minimum absolute atomic E-state index is 0.0615. The molecule has 0 saturated carbocycles. The molecule has 0 bridgehead atoms. The van der Waals surface area contributed by atoms with Crippen LogP contribution in [0.25, 0.3) is 0 Å². The second kappa shape index (κ2) is 13.4. The number of carbonyl (C=O) groups is 3. The van der Waals surface area contributed by atoms with Crippen molar-refractivity contribution in [3.8, 4) is 0 Å². The molecule has 16 heteroatoms. The van der Waals surface area contributed by atoms with E-state index in [1.54, 1.807) is 6.92 Å². The Morgan fingerprint density at radius 3 is 2.29 bits per heavy atom. The number of phosphoric ester groups is 1. The highest BCUT2D eigenvalue weighted by Gasteiger charge is 2.35. The Morgan fingerprint density at radius 1 is 0.978 bits per heavy atom. The van der Waals surface area contributed by atoms with E-state index in [0.29, 0.717) is 17.7 Å². The average Bonchev–Trinajstić information content (AvgIpc) is 2.96. The highest BCUT2D eigenvalue weighted by molar-refractivity contribution is 7.46. The Hall–Kier alpha value is -4.17. The van der Waals surface area contributed by atoms with Crippen LogP contribution in [0.4, 0.5) is 32.4 Å². The smallest absolute Gasteiger partial charge is 0.348 e. The maximum absolute atomic E-state index is 15.6. The standard InChI is InChI=1S/C29H27F5N3O7P/c1-15-18-6-5-16(28(39)35-13-20-23(32)11-17(30)12-24(20)33)10-25(18)37(29(40)36(15)2)14-21-22(31)8-7-19(27(21)34)26(38)4-3-9-44-45(41,42)43/h5-8,10-12,15H,3-4,9,13-14H2,1-2H3,(H,35,39)(H2,41,42,43)/t15-/m0/s1. The van der Waals surface area contributed by atoms with Gasteiger partial charge >= 0.3 is 13.9 Å². The number of benzene rings is 3. The monoisotopic (exact) mass is 655 g/mol. The second-order valence-electron chi connectivity index (χ2n) is 10.2. The van der Waals surface area contributed by atoms with Gasteiger partial charge in [0.25, 0.3) is 5.91 Å². The molecule has 3 amide bonds. The second-order valence-corrected chi connectivity index (χ2v) is 11.4. The number of Topliss-reactive ketones (excluding diaryl/α,β-unsaturated/α-hetero) is 1. The lowest BCUT2D eigenvalue weighted by molar-refractivity contribution is 0.0947. The van der Waals surface area contributed by atoms with Crippen LogP contribution in [0.2, 0.25) is 0 Å². The molecule has 0 saturated heterocycles. The third kappa shape index (κ3) is 7.56. The van der Waals surface area contributed by atoms with Gasteiger partial charge in [0.1, 0.15) is 29.1 Å². The lowest BCUT2D eigenvalue weighted by Gasteiger charge is -2.39. The first-order chi connectivity index (χ1) is 21.1. The lowest BCUT2D eigenvalue weighted by atomic mass is 9.97. The van der Waals surface area contributed by atoms with Crippen molar-refractivity contribution in [2.75, 3.05) is 18.6 Å². The van der Waals surface area contributed by atoms with E-state index >= 15 is 4.39 Å². The van der Waals surface area contributed by atoms with Crippen LogP contribution in [0, 0.1) is 29.1 Å². The molecule has 1 heterocycles. The van der Waals surface area contributed by atoms with Crippen LogP contribution in [0.15, 0.2) is 42.5 Å². The summed E-state index contributed by atoms with van der Waals surface area (Å²) in [6.07, 6.45) is -0.542. The molecule has 0 fully saturated rings. The molecule has 1 aliphatic rings. The number of nitrogens with one attached hydrogen (secondary N) is 1. The fourth-order valence-electron chi connectivity index (χ4n) is 4.77. The van der Waals surface area contributed by atoms with Gasteiger partial charge in [-0.15, -0.1) is 0 Å². The third-order valence-corrected chi connectivity index (χ3v) is 7.81. The molecule has 0 radical (unpaired) electrons. The van der Waals surface area contributed by atoms with Gasteiger partial charge in [0.05, 0.1) is 30.4 Å². The van der Waals surface area contributed by atoms with Crippen LogP contribution in [0.3, 0.4) is 0 Å². The van der Waals surface area contributed by atoms with E-state index in [2.05, 4.69) is 9.84 Å². The minimum Gasteiger partial charge on any atom is -0.348 e. The summed E-state index contributed by atoms with van der Waals surface area (Å²) in [6.45, 7) is -0.123. The number of fused-ring (bicyclic) bond motifs is 1. The summed E-state index contributed by atoms with van der Waals surface area (Å²) in [5.41, 5.74) is -1.17. The highest BCUT2D eigenvalue weighted by Crippen LogP contribution is 2.38. The van der Waals surface area contributed by atoms with Crippen LogP contribution in [0.5, 0.6) is 0 Å².